The second-order valence-electron chi connectivity index (χ2n) is 5.25. The van der Waals surface area contributed by atoms with Gasteiger partial charge in [0.25, 0.3) is 0 Å². The van der Waals surface area contributed by atoms with Gasteiger partial charge in [-0.1, -0.05) is 18.2 Å². The topological polar surface area (TPSA) is 45.7 Å². The number of thioether (sulfide) groups is 1. The number of para-hydroxylation sites is 1. The summed E-state index contributed by atoms with van der Waals surface area (Å²) < 4.78 is 5.85. The fraction of sp³-hybridized carbons (Fsp3) is 0.562. The molecular weight excluding hydrogens is 282 g/mol. The van der Waals surface area contributed by atoms with Crippen LogP contribution in [0.25, 0.3) is 0 Å². The van der Waals surface area contributed by atoms with Crippen LogP contribution in [0.4, 0.5) is 0 Å². The van der Waals surface area contributed by atoms with E-state index in [0.29, 0.717) is 6.04 Å². The highest BCUT2D eigenvalue weighted by Crippen LogP contribution is 2.16. The van der Waals surface area contributed by atoms with E-state index in [0.717, 1.165) is 24.0 Å². The molecule has 0 aromatic heterocycles. The summed E-state index contributed by atoms with van der Waals surface area (Å²) in [6, 6.07) is 10.4. The van der Waals surface area contributed by atoms with E-state index in [1.54, 1.807) is 0 Å². The van der Waals surface area contributed by atoms with E-state index in [2.05, 4.69) is 22.5 Å². The van der Waals surface area contributed by atoms with Crippen molar-refractivity contribution in [2.75, 3.05) is 25.1 Å². The molecule has 1 aliphatic rings. The van der Waals surface area contributed by atoms with Gasteiger partial charge in [-0.15, -0.1) is 0 Å². The summed E-state index contributed by atoms with van der Waals surface area (Å²) in [5, 5.41) is 6.83. The first-order chi connectivity index (χ1) is 10.3. The van der Waals surface area contributed by atoms with Gasteiger partial charge in [-0.3, -0.25) is 4.99 Å². The van der Waals surface area contributed by atoms with E-state index in [1.807, 2.05) is 49.1 Å². The van der Waals surface area contributed by atoms with Crippen molar-refractivity contribution in [1.29, 1.82) is 0 Å². The first-order valence-corrected chi connectivity index (χ1v) is 8.70. The number of nitrogens with one attached hydrogen (secondary N) is 2. The van der Waals surface area contributed by atoms with E-state index in [9.17, 15) is 0 Å². The smallest absolute Gasteiger partial charge is 0.191 e. The van der Waals surface area contributed by atoms with Crippen molar-refractivity contribution in [3.8, 4) is 5.75 Å². The molecule has 2 N–H and O–H groups in total. The maximum absolute atomic E-state index is 5.85. The average Bonchev–Trinajstić information content (AvgIpc) is 2.53. The Kier molecular flexibility index (Phi) is 6.73. The van der Waals surface area contributed by atoms with Gasteiger partial charge >= 0.3 is 0 Å². The zero-order chi connectivity index (χ0) is 14.9. The fourth-order valence-corrected chi connectivity index (χ4v) is 3.33. The Labute approximate surface area is 131 Å². The first kappa shape index (κ1) is 16.0. The van der Waals surface area contributed by atoms with Crippen LogP contribution in [-0.2, 0) is 0 Å². The van der Waals surface area contributed by atoms with Crippen molar-refractivity contribution in [1.82, 2.24) is 10.6 Å². The lowest BCUT2D eigenvalue weighted by atomic mass is 10.2. The lowest BCUT2D eigenvalue weighted by Gasteiger charge is -2.25. The molecule has 116 valence electrons. The van der Waals surface area contributed by atoms with Crippen molar-refractivity contribution in [2.24, 2.45) is 4.99 Å². The van der Waals surface area contributed by atoms with Gasteiger partial charge in [-0.2, -0.15) is 11.8 Å². The van der Waals surface area contributed by atoms with Crippen LogP contribution in [0.1, 0.15) is 19.8 Å². The molecule has 2 rings (SSSR count). The van der Waals surface area contributed by atoms with Crippen molar-refractivity contribution >= 4 is 17.7 Å². The van der Waals surface area contributed by atoms with Gasteiger partial charge in [0.15, 0.2) is 5.96 Å². The molecule has 1 heterocycles. The molecule has 1 saturated heterocycles. The highest BCUT2D eigenvalue weighted by Gasteiger charge is 2.15. The second kappa shape index (κ2) is 8.82. The zero-order valence-corrected chi connectivity index (χ0v) is 13.7. The normalized spacial score (nSPS) is 20.7. The Hall–Kier alpha value is -1.36. The molecule has 1 aromatic rings. The number of hydrogen-bond acceptors (Lipinski definition) is 3. The molecule has 0 aliphatic carbocycles. The lowest BCUT2D eigenvalue weighted by Crippen LogP contribution is -2.47. The molecule has 4 nitrogen and oxygen atoms in total. The van der Waals surface area contributed by atoms with Gasteiger partial charge in [0.2, 0.25) is 0 Å². The molecule has 0 spiro atoms. The highest BCUT2D eigenvalue weighted by molar-refractivity contribution is 7.99. The van der Waals surface area contributed by atoms with Crippen LogP contribution >= 0.6 is 11.8 Å². The quantitative estimate of drug-likeness (QED) is 0.648. The van der Waals surface area contributed by atoms with Crippen LogP contribution in [0.5, 0.6) is 5.75 Å². The standard InChI is InChI=1S/C16H25N3OS/c1-13(20-15-8-4-3-5-9-15)11-18-16(17-2)19-14-7-6-10-21-12-14/h3-5,8-9,13-14H,6-7,10-12H2,1-2H3,(H2,17,18,19). The van der Waals surface area contributed by atoms with Crippen molar-refractivity contribution < 1.29 is 4.74 Å². The molecule has 1 aliphatic heterocycles. The zero-order valence-electron chi connectivity index (χ0n) is 12.8. The monoisotopic (exact) mass is 307 g/mol. The Morgan fingerprint density at radius 3 is 2.90 bits per heavy atom. The fourth-order valence-electron chi connectivity index (χ4n) is 2.26. The Morgan fingerprint density at radius 2 is 2.24 bits per heavy atom. The summed E-state index contributed by atoms with van der Waals surface area (Å²) in [5.41, 5.74) is 0. The molecule has 2 unspecified atom stereocenters. The number of aliphatic imine (C=N–C) groups is 1. The number of rotatable bonds is 5. The number of hydrogen-bond donors (Lipinski definition) is 2. The number of ether oxygens (including phenoxy) is 1. The maximum Gasteiger partial charge on any atom is 0.191 e. The van der Waals surface area contributed by atoms with Crippen LogP contribution in [0, 0.1) is 0 Å². The lowest BCUT2D eigenvalue weighted by molar-refractivity contribution is 0.223. The van der Waals surface area contributed by atoms with Crippen LogP contribution in [0.2, 0.25) is 0 Å². The molecule has 0 saturated carbocycles. The Balaban J connectivity index is 1.72. The van der Waals surface area contributed by atoms with Crippen molar-refractivity contribution in [3.63, 3.8) is 0 Å². The molecule has 0 radical (unpaired) electrons. The van der Waals surface area contributed by atoms with Crippen LogP contribution in [0.3, 0.4) is 0 Å². The molecule has 21 heavy (non-hydrogen) atoms. The summed E-state index contributed by atoms with van der Waals surface area (Å²) >= 11 is 2.01. The van der Waals surface area contributed by atoms with E-state index in [-0.39, 0.29) is 6.10 Å². The third-order valence-electron chi connectivity index (χ3n) is 3.36. The summed E-state index contributed by atoms with van der Waals surface area (Å²) in [4.78, 5) is 4.29. The number of guanidine groups is 1. The van der Waals surface area contributed by atoms with Gasteiger partial charge in [0, 0.05) is 18.8 Å². The Morgan fingerprint density at radius 1 is 1.43 bits per heavy atom. The molecule has 0 amide bonds. The third kappa shape index (κ3) is 5.87. The van der Waals surface area contributed by atoms with E-state index < -0.39 is 0 Å². The molecule has 1 fully saturated rings. The minimum Gasteiger partial charge on any atom is -0.489 e. The van der Waals surface area contributed by atoms with Crippen molar-refractivity contribution in [3.05, 3.63) is 30.3 Å². The minimum atomic E-state index is 0.0895. The van der Waals surface area contributed by atoms with E-state index >= 15 is 0 Å². The molecular formula is C16H25N3OS. The predicted octanol–water partition coefficient (Wildman–Crippen LogP) is 2.51. The summed E-state index contributed by atoms with van der Waals surface area (Å²) in [5.74, 6) is 4.22. The number of benzene rings is 1. The van der Waals surface area contributed by atoms with Crippen LogP contribution in [-0.4, -0.2) is 43.2 Å². The second-order valence-corrected chi connectivity index (χ2v) is 6.40. The average molecular weight is 307 g/mol. The van der Waals surface area contributed by atoms with Gasteiger partial charge < -0.3 is 15.4 Å². The van der Waals surface area contributed by atoms with Crippen LogP contribution in [0.15, 0.2) is 35.3 Å². The Bertz CT molecular complexity index is 432. The van der Waals surface area contributed by atoms with Gasteiger partial charge in [0.1, 0.15) is 11.9 Å². The summed E-state index contributed by atoms with van der Waals surface area (Å²) in [6.45, 7) is 2.79. The molecule has 5 heteroatoms. The number of nitrogens with zero attached hydrogens (tertiary/aromatic N) is 1. The molecule has 1 aromatic carbocycles. The van der Waals surface area contributed by atoms with Crippen LogP contribution < -0.4 is 15.4 Å². The summed E-state index contributed by atoms with van der Waals surface area (Å²) in [6.07, 6.45) is 2.60. The van der Waals surface area contributed by atoms with Gasteiger partial charge in [-0.05, 0) is 37.7 Å². The van der Waals surface area contributed by atoms with E-state index in [1.165, 1.54) is 18.6 Å². The minimum absolute atomic E-state index is 0.0895. The molecule has 0 bridgehead atoms. The van der Waals surface area contributed by atoms with Gasteiger partial charge in [0.05, 0.1) is 6.54 Å². The third-order valence-corrected chi connectivity index (χ3v) is 4.58. The SMILES string of the molecule is CN=C(NCC(C)Oc1ccccc1)NC1CCCSC1. The van der Waals surface area contributed by atoms with Crippen molar-refractivity contribution in [2.45, 2.75) is 31.9 Å². The summed E-state index contributed by atoms with van der Waals surface area (Å²) in [7, 11) is 1.81. The largest absolute Gasteiger partial charge is 0.489 e. The maximum atomic E-state index is 5.85. The molecule has 2 atom stereocenters. The first-order valence-electron chi connectivity index (χ1n) is 7.54. The predicted molar refractivity (Wildman–Crippen MR) is 91.4 cm³/mol. The van der Waals surface area contributed by atoms with E-state index in [4.69, 9.17) is 4.74 Å². The van der Waals surface area contributed by atoms with Gasteiger partial charge in [-0.25, -0.2) is 0 Å². The highest BCUT2D eigenvalue weighted by atomic mass is 32.2.